The first-order valence-electron chi connectivity index (χ1n) is 6.55. The summed E-state index contributed by atoms with van der Waals surface area (Å²) in [6.07, 6.45) is 0. The SMILES string of the molecule is N#Cc1n[nH]nc1-c1ccc(OCc2ccccc2)c(Cl)c1. The zero-order valence-corrected chi connectivity index (χ0v) is 12.2. The molecule has 108 valence electrons. The Kier molecular flexibility index (Phi) is 4.03. The number of nitriles is 1. The van der Waals surface area contributed by atoms with Crippen molar-refractivity contribution in [2.45, 2.75) is 6.61 Å². The number of aromatic nitrogens is 3. The molecule has 0 atom stereocenters. The molecule has 0 fully saturated rings. The number of nitrogens with one attached hydrogen (secondary N) is 1. The maximum atomic E-state index is 8.97. The van der Waals surface area contributed by atoms with Crippen LogP contribution in [0.1, 0.15) is 11.3 Å². The van der Waals surface area contributed by atoms with E-state index in [0.29, 0.717) is 28.6 Å². The number of aromatic amines is 1. The number of rotatable bonds is 4. The van der Waals surface area contributed by atoms with Gasteiger partial charge in [0.15, 0.2) is 5.69 Å². The molecular weight excluding hydrogens is 300 g/mol. The molecule has 0 spiro atoms. The zero-order valence-electron chi connectivity index (χ0n) is 11.5. The quantitative estimate of drug-likeness (QED) is 0.799. The second kappa shape index (κ2) is 6.29. The van der Waals surface area contributed by atoms with Gasteiger partial charge in [-0.2, -0.15) is 15.6 Å². The van der Waals surface area contributed by atoms with Gasteiger partial charge in [-0.25, -0.2) is 0 Å². The van der Waals surface area contributed by atoms with E-state index in [0.717, 1.165) is 5.56 Å². The van der Waals surface area contributed by atoms with E-state index in [2.05, 4.69) is 15.4 Å². The minimum absolute atomic E-state index is 0.231. The Balaban J connectivity index is 1.80. The van der Waals surface area contributed by atoms with Gasteiger partial charge in [-0.1, -0.05) is 41.9 Å². The molecule has 3 rings (SSSR count). The Bertz CT molecular complexity index is 824. The minimum Gasteiger partial charge on any atom is -0.487 e. The fraction of sp³-hybridized carbons (Fsp3) is 0.0625. The Hall–Kier alpha value is -2.84. The Labute approximate surface area is 132 Å². The van der Waals surface area contributed by atoms with Gasteiger partial charge in [-0.15, -0.1) is 5.10 Å². The third kappa shape index (κ3) is 2.92. The topological polar surface area (TPSA) is 74.6 Å². The van der Waals surface area contributed by atoms with Crippen molar-refractivity contribution in [3.8, 4) is 23.1 Å². The van der Waals surface area contributed by atoms with E-state index < -0.39 is 0 Å². The normalized spacial score (nSPS) is 10.2. The summed E-state index contributed by atoms with van der Waals surface area (Å²) in [4.78, 5) is 0. The van der Waals surface area contributed by atoms with Crippen LogP contribution < -0.4 is 4.74 Å². The van der Waals surface area contributed by atoms with Crippen LogP contribution in [-0.4, -0.2) is 15.4 Å². The molecule has 2 aromatic carbocycles. The van der Waals surface area contributed by atoms with E-state index in [1.54, 1.807) is 18.2 Å². The molecule has 0 saturated carbocycles. The van der Waals surface area contributed by atoms with Crippen LogP contribution in [0.2, 0.25) is 5.02 Å². The second-order valence-electron chi connectivity index (χ2n) is 4.55. The van der Waals surface area contributed by atoms with Crippen LogP contribution in [0.4, 0.5) is 0 Å². The van der Waals surface area contributed by atoms with E-state index in [1.165, 1.54) is 0 Å². The molecule has 0 bridgehead atoms. The van der Waals surface area contributed by atoms with Gasteiger partial charge in [0.25, 0.3) is 0 Å². The van der Waals surface area contributed by atoms with Crippen molar-refractivity contribution in [1.82, 2.24) is 15.4 Å². The van der Waals surface area contributed by atoms with Gasteiger partial charge in [0, 0.05) is 5.56 Å². The van der Waals surface area contributed by atoms with Crippen LogP contribution in [0.25, 0.3) is 11.3 Å². The highest BCUT2D eigenvalue weighted by Gasteiger charge is 2.12. The third-order valence-corrected chi connectivity index (χ3v) is 3.39. The molecule has 0 aliphatic heterocycles. The molecular formula is C16H11ClN4O. The monoisotopic (exact) mass is 310 g/mol. The second-order valence-corrected chi connectivity index (χ2v) is 4.96. The summed E-state index contributed by atoms with van der Waals surface area (Å²) in [6, 6.07) is 17.1. The largest absolute Gasteiger partial charge is 0.487 e. The number of halogens is 1. The summed E-state index contributed by atoms with van der Waals surface area (Å²) in [5.41, 5.74) is 2.47. The fourth-order valence-electron chi connectivity index (χ4n) is 2.01. The van der Waals surface area contributed by atoms with E-state index in [1.807, 2.05) is 36.4 Å². The van der Waals surface area contributed by atoms with E-state index in [4.69, 9.17) is 21.6 Å². The Morgan fingerprint density at radius 3 is 2.68 bits per heavy atom. The molecule has 1 N–H and O–H groups in total. The first kappa shape index (κ1) is 14.1. The molecule has 1 aromatic heterocycles. The van der Waals surface area contributed by atoms with E-state index in [-0.39, 0.29) is 5.69 Å². The van der Waals surface area contributed by atoms with Crippen molar-refractivity contribution < 1.29 is 4.74 Å². The summed E-state index contributed by atoms with van der Waals surface area (Å²) in [6.45, 7) is 0.438. The van der Waals surface area contributed by atoms with Gasteiger partial charge in [0.05, 0.1) is 5.02 Å². The van der Waals surface area contributed by atoms with Crippen LogP contribution >= 0.6 is 11.6 Å². The number of nitrogens with zero attached hydrogens (tertiary/aromatic N) is 3. The standard InChI is InChI=1S/C16H11ClN4O/c17-13-8-12(16-14(9-18)19-21-20-16)6-7-15(13)22-10-11-4-2-1-3-5-11/h1-8H,10H2,(H,19,20,21). The van der Waals surface area contributed by atoms with Crippen LogP contribution in [-0.2, 0) is 6.61 Å². The molecule has 0 unspecified atom stereocenters. The molecule has 6 heteroatoms. The lowest BCUT2D eigenvalue weighted by molar-refractivity contribution is 0.306. The fourth-order valence-corrected chi connectivity index (χ4v) is 2.25. The van der Waals surface area contributed by atoms with Gasteiger partial charge < -0.3 is 4.74 Å². The molecule has 0 aliphatic rings. The van der Waals surface area contributed by atoms with Gasteiger partial charge in [-0.05, 0) is 23.8 Å². The van der Waals surface area contributed by atoms with Crippen molar-refractivity contribution in [2.75, 3.05) is 0 Å². The molecule has 22 heavy (non-hydrogen) atoms. The average Bonchev–Trinajstić information content (AvgIpc) is 3.03. The smallest absolute Gasteiger partial charge is 0.190 e. The maximum Gasteiger partial charge on any atom is 0.190 e. The third-order valence-electron chi connectivity index (χ3n) is 3.10. The Morgan fingerprint density at radius 2 is 1.95 bits per heavy atom. The molecule has 5 nitrogen and oxygen atoms in total. The van der Waals surface area contributed by atoms with Gasteiger partial charge >= 0.3 is 0 Å². The number of benzene rings is 2. The highest BCUT2D eigenvalue weighted by molar-refractivity contribution is 6.32. The summed E-state index contributed by atoms with van der Waals surface area (Å²) in [5.74, 6) is 0.580. The van der Waals surface area contributed by atoms with Crippen LogP contribution in [0.5, 0.6) is 5.75 Å². The average molecular weight is 311 g/mol. The van der Waals surface area contributed by atoms with E-state index >= 15 is 0 Å². The first-order valence-corrected chi connectivity index (χ1v) is 6.93. The van der Waals surface area contributed by atoms with Crippen LogP contribution in [0.3, 0.4) is 0 Å². The summed E-state index contributed by atoms with van der Waals surface area (Å²) < 4.78 is 5.71. The van der Waals surface area contributed by atoms with Crippen molar-refractivity contribution in [3.05, 3.63) is 64.8 Å². The minimum atomic E-state index is 0.231. The van der Waals surface area contributed by atoms with E-state index in [9.17, 15) is 0 Å². The summed E-state index contributed by atoms with van der Waals surface area (Å²) in [5, 5.41) is 19.6. The van der Waals surface area contributed by atoms with Gasteiger partial charge in [-0.3, -0.25) is 0 Å². The van der Waals surface area contributed by atoms with Crippen molar-refractivity contribution in [3.63, 3.8) is 0 Å². The number of ether oxygens (including phenoxy) is 1. The summed E-state index contributed by atoms with van der Waals surface area (Å²) in [7, 11) is 0. The van der Waals surface area contributed by atoms with Crippen molar-refractivity contribution >= 4 is 11.6 Å². The predicted octanol–water partition coefficient (Wildman–Crippen LogP) is 3.58. The van der Waals surface area contributed by atoms with Crippen LogP contribution in [0, 0.1) is 11.3 Å². The highest BCUT2D eigenvalue weighted by atomic mass is 35.5. The number of H-pyrrole nitrogens is 1. The highest BCUT2D eigenvalue weighted by Crippen LogP contribution is 2.30. The van der Waals surface area contributed by atoms with Crippen molar-refractivity contribution in [1.29, 1.82) is 5.26 Å². The molecule has 3 aromatic rings. The molecule has 0 amide bonds. The number of hydrogen-bond donors (Lipinski definition) is 1. The van der Waals surface area contributed by atoms with Crippen molar-refractivity contribution in [2.24, 2.45) is 0 Å². The maximum absolute atomic E-state index is 8.97. The van der Waals surface area contributed by atoms with Crippen LogP contribution in [0.15, 0.2) is 48.5 Å². The molecule has 0 radical (unpaired) electrons. The molecule has 0 aliphatic carbocycles. The lowest BCUT2D eigenvalue weighted by Crippen LogP contribution is -1.95. The van der Waals surface area contributed by atoms with Gasteiger partial charge in [0.2, 0.25) is 0 Å². The predicted molar refractivity (Wildman–Crippen MR) is 82.3 cm³/mol. The lowest BCUT2D eigenvalue weighted by Gasteiger charge is -2.09. The number of hydrogen-bond acceptors (Lipinski definition) is 4. The zero-order chi connectivity index (χ0) is 15.4. The molecule has 0 saturated heterocycles. The van der Waals surface area contributed by atoms with Gasteiger partial charge in [0.1, 0.15) is 24.1 Å². The Morgan fingerprint density at radius 1 is 1.14 bits per heavy atom. The lowest BCUT2D eigenvalue weighted by atomic mass is 10.1. The summed E-state index contributed by atoms with van der Waals surface area (Å²) >= 11 is 6.24. The molecule has 1 heterocycles. The first-order chi connectivity index (χ1) is 10.8.